The molecule has 1 aromatic carbocycles. The van der Waals surface area contributed by atoms with Crippen LogP contribution in [0.25, 0.3) is 22.3 Å². The largest absolute Gasteiger partial charge is 0.435 e. The average molecular weight is 383 g/mol. The summed E-state index contributed by atoms with van der Waals surface area (Å²) >= 11 is 0. The molecule has 0 radical (unpaired) electrons. The lowest BCUT2D eigenvalue weighted by molar-refractivity contribution is -0.136. The Morgan fingerprint density at radius 1 is 1.19 bits per heavy atom. The monoisotopic (exact) mass is 383 g/mol. The van der Waals surface area contributed by atoms with E-state index in [4.69, 9.17) is 0 Å². The van der Waals surface area contributed by atoms with Crippen LogP contribution < -0.4 is 4.74 Å². The summed E-state index contributed by atoms with van der Waals surface area (Å²) in [5, 5.41) is 4.26. The SMILES string of the molecule is Cn1nc(C2CC2)c2c(C(F)(F)F)cc(-c3cccc(OC(F)F)c3)nc21. The molecule has 0 saturated heterocycles. The van der Waals surface area contributed by atoms with Crippen LogP contribution in [0, 0.1) is 0 Å². The van der Waals surface area contributed by atoms with E-state index in [1.54, 1.807) is 7.05 Å². The maximum Gasteiger partial charge on any atom is 0.417 e. The van der Waals surface area contributed by atoms with E-state index in [0.717, 1.165) is 18.9 Å². The minimum absolute atomic E-state index is 0.0104. The molecule has 0 spiro atoms. The molecule has 0 atom stereocenters. The maximum absolute atomic E-state index is 13.7. The van der Waals surface area contributed by atoms with Gasteiger partial charge in [0.2, 0.25) is 0 Å². The first-order valence-corrected chi connectivity index (χ1v) is 8.24. The summed E-state index contributed by atoms with van der Waals surface area (Å²) in [6.45, 7) is -3.03. The van der Waals surface area contributed by atoms with E-state index in [-0.39, 0.29) is 34.0 Å². The zero-order valence-corrected chi connectivity index (χ0v) is 14.1. The highest BCUT2D eigenvalue weighted by Gasteiger charge is 2.39. The van der Waals surface area contributed by atoms with E-state index in [0.29, 0.717) is 5.69 Å². The topological polar surface area (TPSA) is 39.9 Å². The van der Waals surface area contributed by atoms with Gasteiger partial charge in [-0.2, -0.15) is 27.1 Å². The Morgan fingerprint density at radius 2 is 1.93 bits per heavy atom. The van der Waals surface area contributed by atoms with Crippen molar-refractivity contribution in [2.24, 2.45) is 7.05 Å². The second kappa shape index (κ2) is 6.17. The molecule has 1 aliphatic carbocycles. The number of hydrogen-bond acceptors (Lipinski definition) is 3. The Balaban J connectivity index is 1.91. The molecule has 0 unspecified atom stereocenters. The summed E-state index contributed by atoms with van der Waals surface area (Å²) in [4.78, 5) is 4.33. The van der Waals surface area contributed by atoms with Crippen LogP contribution in [0.1, 0.15) is 30.0 Å². The lowest BCUT2D eigenvalue weighted by Gasteiger charge is -2.12. The Morgan fingerprint density at radius 3 is 2.56 bits per heavy atom. The quantitative estimate of drug-likeness (QED) is 0.586. The number of fused-ring (bicyclic) bond motifs is 1. The molecule has 9 heteroatoms. The fourth-order valence-corrected chi connectivity index (χ4v) is 3.12. The number of nitrogens with zero attached hydrogens (tertiary/aromatic N) is 3. The van der Waals surface area contributed by atoms with Crippen LogP contribution >= 0.6 is 0 Å². The average Bonchev–Trinajstić information content (AvgIpc) is 3.37. The number of benzene rings is 1. The van der Waals surface area contributed by atoms with Gasteiger partial charge in [-0.15, -0.1) is 0 Å². The van der Waals surface area contributed by atoms with Crippen LogP contribution in [0.2, 0.25) is 0 Å². The molecule has 4 rings (SSSR count). The van der Waals surface area contributed by atoms with Gasteiger partial charge >= 0.3 is 12.8 Å². The number of aromatic nitrogens is 3. The maximum atomic E-state index is 13.7. The fourth-order valence-electron chi connectivity index (χ4n) is 3.12. The first-order chi connectivity index (χ1) is 12.7. The fraction of sp³-hybridized carbons (Fsp3) is 0.333. The van der Waals surface area contributed by atoms with Crippen LogP contribution in [0.15, 0.2) is 30.3 Å². The van der Waals surface area contributed by atoms with Crippen molar-refractivity contribution in [3.05, 3.63) is 41.6 Å². The Kier molecular flexibility index (Phi) is 4.05. The van der Waals surface area contributed by atoms with Crippen molar-refractivity contribution in [1.82, 2.24) is 14.8 Å². The molecular formula is C18H14F5N3O. The Labute approximate surface area is 150 Å². The summed E-state index contributed by atoms with van der Waals surface area (Å²) in [5.41, 5.74) is -0.0390. The lowest BCUT2D eigenvalue weighted by Crippen LogP contribution is -2.08. The molecule has 0 N–H and O–H groups in total. The number of aryl methyl sites for hydroxylation is 1. The second-order valence-corrected chi connectivity index (χ2v) is 6.44. The van der Waals surface area contributed by atoms with E-state index in [1.807, 2.05) is 0 Å². The summed E-state index contributed by atoms with van der Waals surface area (Å²) in [6.07, 6.45) is -2.99. The van der Waals surface area contributed by atoms with Crippen LogP contribution in [-0.2, 0) is 13.2 Å². The predicted octanol–water partition coefficient (Wildman–Crippen LogP) is 5.13. The molecule has 4 nitrogen and oxygen atoms in total. The van der Waals surface area contributed by atoms with Crippen molar-refractivity contribution >= 4 is 11.0 Å². The van der Waals surface area contributed by atoms with Crippen LogP contribution in [-0.4, -0.2) is 21.4 Å². The molecule has 27 heavy (non-hydrogen) atoms. The van der Waals surface area contributed by atoms with Crippen molar-refractivity contribution in [2.45, 2.75) is 31.5 Å². The molecule has 2 heterocycles. The van der Waals surface area contributed by atoms with Gasteiger partial charge in [0.1, 0.15) is 5.75 Å². The predicted molar refractivity (Wildman–Crippen MR) is 87.6 cm³/mol. The van der Waals surface area contributed by atoms with Crippen molar-refractivity contribution in [3.8, 4) is 17.0 Å². The molecule has 0 amide bonds. The van der Waals surface area contributed by atoms with Crippen molar-refractivity contribution in [1.29, 1.82) is 0 Å². The number of alkyl halides is 5. The van der Waals surface area contributed by atoms with E-state index < -0.39 is 18.4 Å². The molecule has 3 aromatic rings. The number of hydrogen-bond donors (Lipinski definition) is 0. The van der Waals surface area contributed by atoms with E-state index in [2.05, 4.69) is 14.8 Å². The minimum atomic E-state index is -4.60. The molecule has 142 valence electrons. The summed E-state index contributed by atoms with van der Waals surface area (Å²) in [5.74, 6) is -0.133. The third kappa shape index (κ3) is 3.33. The van der Waals surface area contributed by atoms with Gasteiger partial charge in [-0.1, -0.05) is 12.1 Å². The van der Waals surface area contributed by atoms with Gasteiger partial charge in [0.05, 0.1) is 22.3 Å². The lowest BCUT2D eigenvalue weighted by atomic mass is 10.0. The van der Waals surface area contributed by atoms with Gasteiger partial charge in [0.15, 0.2) is 5.65 Å². The molecule has 1 fully saturated rings. The zero-order chi connectivity index (χ0) is 19.3. The smallest absolute Gasteiger partial charge is 0.417 e. The molecule has 0 aliphatic heterocycles. The third-order valence-electron chi connectivity index (χ3n) is 4.45. The van der Waals surface area contributed by atoms with Gasteiger partial charge in [-0.05, 0) is 31.0 Å². The number of ether oxygens (including phenoxy) is 1. The van der Waals surface area contributed by atoms with Crippen molar-refractivity contribution in [2.75, 3.05) is 0 Å². The van der Waals surface area contributed by atoms with Gasteiger partial charge in [-0.25, -0.2) is 4.98 Å². The van der Waals surface area contributed by atoms with E-state index >= 15 is 0 Å². The summed E-state index contributed by atoms with van der Waals surface area (Å²) < 4.78 is 71.8. The first-order valence-electron chi connectivity index (χ1n) is 8.24. The van der Waals surface area contributed by atoms with Crippen LogP contribution in [0.5, 0.6) is 5.75 Å². The highest BCUT2D eigenvalue weighted by molar-refractivity contribution is 5.86. The summed E-state index contributed by atoms with van der Waals surface area (Å²) in [6, 6.07) is 6.39. The normalized spacial score (nSPS) is 14.9. The molecule has 0 bridgehead atoms. The third-order valence-corrected chi connectivity index (χ3v) is 4.45. The second-order valence-electron chi connectivity index (χ2n) is 6.44. The Bertz CT molecular complexity index is 1010. The number of rotatable bonds is 4. The van der Waals surface area contributed by atoms with E-state index in [9.17, 15) is 22.0 Å². The molecule has 1 saturated carbocycles. The van der Waals surface area contributed by atoms with Crippen molar-refractivity contribution < 1.29 is 26.7 Å². The van der Waals surface area contributed by atoms with Crippen LogP contribution in [0.3, 0.4) is 0 Å². The first kappa shape index (κ1) is 17.7. The van der Waals surface area contributed by atoms with Gasteiger partial charge in [0, 0.05) is 18.5 Å². The minimum Gasteiger partial charge on any atom is -0.435 e. The number of pyridine rings is 1. The molecule has 2 aromatic heterocycles. The standard InChI is InChI=1S/C18H14F5N3O/c1-26-16-14(15(25-26)9-5-6-9)12(18(21,22)23)8-13(24-16)10-3-2-4-11(7-10)27-17(19)20/h2-4,7-9,17H,5-6H2,1H3. The zero-order valence-electron chi connectivity index (χ0n) is 14.1. The number of halogens is 5. The van der Waals surface area contributed by atoms with E-state index in [1.165, 1.54) is 28.9 Å². The highest BCUT2D eigenvalue weighted by Crippen LogP contribution is 2.46. The molecular weight excluding hydrogens is 369 g/mol. The molecule has 1 aliphatic rings. The van der Waals surface area contributed by atoms with Crippen molar-refractivity contribution in [3.63, 3.8) is 0 Å². The highest BCUT2D eigenvalue weighted by atomic mass is 19.4. The van der Waals surface area contributed by atoms with Crippen LogP contribution in [0.4, 0.5) is 22.0 Å². The summed E-state index contributed by atoms with van der Waals surface area (Å²) in [7, 11) is 1.54. The van der Waals surface area contributed by atoms with Gasteiger partial charge < -0.3 is 4.74 Å². The van der Waals surface area contributed by atoms with Gasteiger partial charge in [0.25, 0.3) is 0 Å². The Hall–Kier alpha value is -2.71. The van der Waals surface area contributed by atoms with Gasteiger partial charge in [-0.3, -0.25) is 4.68 Å².